The van der Waals surface area contributed by atoms with Crippen molar-refractivity contribution in [2.75, 3.05) is 0 Å². The molecular formula is C12H19BO3. The summed E-state index contributed by atoms with van der Waals surface area (Å²) < 4.78 is 5.69. The lowest BCUT2D eigenvalue weighted by Gasteiger charge is -2.37. The molecule has 0 aliphatic carbocycles. The Morgan fingerprint density at radius 2 is 1.56 bits per heavy atom. The van der Waals surface area contributed by atoms with Gasteiger partial charge in [0.05, 0.1) is 11.2 Å². The Kier molecular flexibility index (Phi) is 3.66. The van der Waals surface area contributed by atoms with E-state index in [1.54, 1.807) is 38.1 Å². The fourth-order valence-corrected chi connectivity index (χ4v) is 1.03. The molecule has 0 fully saturated rings. The first kappa shape index (κ1) is 13.1. The molecule has 0 spiro atoms. The molecule has 0 atom stereocenters. The molecule has 0 aliphatic heterocycles. The quantitative estimate of drug-likeness (QED) is 0.745. The van der Waals surface area contributed by atoms with E-state index >= 15 is 0 Å². The van der Waals surface area contributed by atoms with Gasteiger partial charge in [-0.05, 0) is 39.8 Å². The van der Waals surface area contributed by atoms with Crippen LogP contribution >= 0.6 is 0 Å². The monoisotopic (exact) mass is 222 g/mol. The number of benzene rings is 1. The minimum Gasteiger partial charge on any atom is -0.508 e. The average molecular weight is 222 g/mol. The Morgan fingerprint density at radius 1 is 1.06 bits per heavy atom. The molecule has 0 aliphatic rings. The number of rotatable bonds is 4. The Balaban J connectivity index is 2.61. The first-order valence-electron chi connectivity index (χ1n) is 5.36. The van der Waals surface area contributed by atoms with Crippen molar-refractivity contribution in [3.63, 3.8) is 0 Å². The fourth-order valence-electron chi connectivity index (χ4n) is 1.03. The smallest absolute Gasteiger partial charge is 0.309 e. The highest BCUT2D eigenvalue weighted by atomic mass is 16.5. The largest absolute Gasteiger partial charge is 0.508 e. The average Bonchev–Trinajstić information content (AvgIpc) is 2.15. The predicted octanol–water partition coefficient (Wildman–Crippen LogP) is 0.935. The molecule has 0 radical (unpaired) electrons. The van der Waals surface area contributed by atoms with Gasteiger partial charge in [0.2, 0.25) is 0 Å². The van der Waals surface area contributed by atoms with Crippen molar-refractivity contribution >= 4 is 12.9 Å². The lowest BCUT2D eigenvalue weighted by molar-refractivity contribution is -0.0893. The summed E-state index contributed by atoms with van der Waals surface area (Å²) in [6.07, 6.45) is 0. The van der Waals surface area contributed by atoms with Crippen LogP contribution in [0, 0.1) is 0 Å². The highest BCUT2D eigenvalue weighted by Crippen LogP contribution is 2.24. The van der Waals surface area contributed by atoms with Gasteiger partial charge in [-0.1, -0.05) is 17.6 Å². The SMILES string of the molecule is CC(C)(O)C(C)(C)OBc1ccc(O)cc1. The topological polar surface area (TPSA) is 49.7 Å². The number of phenolic OH excluding ortho intramolecular Hbond substituents is 1. The molecule has 88 valence electrons. The van der Waals surface area contributed by atoms with Crippen molar-refractivity contribution < 1.29 is 14.9 Å². The van der Waals surface area contributed by atoms with E-state index < -0.39 is 11.2 Å². The summed E-state index contributed by atoms with van der Waals surface area (Å²) in [6, 6.07) is 6.84. The van der Waals surface area contributed by atoms with E-state index in [1.165, 1.54) is 0 Å². The number of hydrogen-bond donors (Lipinski definition) is 2. The lowest BCUT2D eigenvalue weighted by atomic mass is 9.83. The third-order valence-electron chi connectivity index (χ3n) is 3.01. The number of aromatic hydroxyl groups is 1. The molecule has 0 amide bonds. The zero-order chi connectivity index (χ0) is 12.4. The summed E-state index contributed by atoms with van der Waals surface area (Å²) in [4.78, 5) is 0. The van der Waals surface area contributed by atoms with Gasteiger partial charge in [0.25, 0.3) is 0 Å². The van der Waals surface area contributed by atoms with Crippen LogP contribution in [0.4, 0.5) is 0 Å². The zero-order valence-electron chi connectivity index (χ0n) is 10.3. The Morgan fingerprint density at radius 3 is 2.00 bits per heavy atom. The van der Waals surface area contributed by atoms with Crippen LogP contribution in [0.1, 0.15) is 27.7 Å². The Bertz CT molecular complexity index is 338. The summed E-state index contributed by atoms with van der Waals surface area (Å²) in [6.45, 7) is 7.16. The Labute approximate surface area is 97.3 Å². The second-order valence-corrected chi connectivity index (χ2v) is 5.02. The van der Waals surface area contributed by atoms with Crippen molar-refractivity contribution in [3.8, 4) is 5.75 Å². The fraction of sp³-hybridized carbons (Fsp3) is 0.500. The van der Waals surface area contributed by atoms with Gasteiger partial charge >= 0.3 is 7.48 Å². The molecular weight excluding hydrogens is 203 g/mol. The molecule has 0 aromatic heterocycles. The maximum atomic E-state index is 9.90. The van der Waals surface area contributed by atoms with Gasteiger partial charge in [0.1, 0.15) is 5.75 Å². The second-order valence-electron chi connectivity index (χ2n) is 5.02. The molecule has 0 saturated carbocycles. The molecule has 4 heteroatoms. The van der Waals surface area contributed by atoms with E-state index in [1.807, 2.05) is 13.8 Å². The molecule has 0 heterocycles. The molecule has 16 heavy (non-hydrogen) atoms. The first-order valence-corrected chi connectivity index (χ1v) is 5.36. The van der Waals surface area contributed by atoms with E-state index in [0.29, 0.717) is 7.48 Å². The summed E-state index contributed by atoms with van der Waals surface area (Å²) in [5, 5.41) is 19.0. The molecule has 0 saturated heterocycles. The van der Waals surface area contributed by atoms with Gasteiger partial charge in [-0.2, -0.15) is 0 Å². The van der Waals surface area contributed by atoms with Gasteiger partial charge in [0, 0.05) is 0 Å². The van der Waals surface area contributed by atoms with Gasteiger partial charge in [-0.3, -0.25) is 0 Å². The van der Waals surface area contributed by atoms with Gasteiger partial charge in [-0.25, -0.2) is 0 Å². The van der Waals surface area contributed by atoms with Crippen LogP contribution in [-0.2, 0) is 4.65 Å². The van der Waals surface area contributed by atoms with Crippen molar-refractivity contribution in [1.29, 1.82) is 0 Å². The maximum Gasteiger partial charge on any atom is 0.309 e. The normalized spacial score (nSPS) is 12.6. The molecule has 2 N–H and O–H groups in total. The highest BCUT2D eigenvalue weighted by molar-refractivity contribution is 6.47. The van der Waals surface area contributed by atoms with Crippen LogP contribution in [-0.4, -0.2) is 28.9 Å². The second kappa shape index (κ2) is 4.48. The van der Waals surface area contributed by atoms with Crippen molar-refractivity contribution in [1.82, 2.24) is 0 Å². The molecule has 1 rings (SSSR count). The van der Waals surface area contributed by atoms with Gasteiger partial charge in [-0.15, -0.1) is 0 Å². The minimum atomic E-state index is -0.899. The molecule has 3 nitrogen and oxygen atoms in total. The third kappa shape index (κ3) is 3.25. The maximum absolute atomic E-state index is 9.90. The van der Waals surface area contributed by atoms with Crippen LogP contribution in [0.25, 0.3) is 0 Å². The van der Waals surface area contributed by atoms with Crippen molar-refractivity contribution in [3.05, 3.63) is 24.3 Å². The lowest BCUT2D eigenvalue weighted by Crippen LogP contribution is -2.49. The zero-order valence-corrected chi connectivity index (χ0v) is 10.3. The van der Waals surface area contributed by atoms with Crippen LogP contribution in [0.2, 0.25) is 0 Å². The van der Waals surface area contributed by atoms with E-state index in [-0.39, 0.29) is 5.75 Å². The van der Waals surface area contributed by atoms with Crippen LogP contribution in [0.3, 0.4) is 0 Å². The summed E-state index contributed by atoms with van der Waals surface area (Å²) in [5.74, 6) is 0.241. The van der Waals surface area contributed by atoms with E-state index in [0.717, 1.165) is 5.46 Å². The van der Waals surface area contributed by atoms with E-state index in [2.05, 4.69) is 0 Å². The van der Waals surface area contributed by atoms with E-state index in [9.17, 15) is 5.11 Å². The van der Waals surface area contributed by atoms with E-state index in [4.69, 9.17) is 9.76 Å². The summed E-state index contributed by atoms with van der Waals surface area (Å²) in [5.41, 5.74) is -0.551. The van der Waals surface area contributed by atoms with Gasteiger partial charge in [0.15, 0.2) is 0 Å². The standard InChI is InChI=1S/C12H19BO3/c1-11(2,15)12(3,4)16-13-9-5-7-10(14)8-6-9/h5-8,13-15H,1-4H3. The van der Waals surface area contributed by atoms with Crippen LogP contribution in [0.15, 0.2) is 24.3 Å². The van der Waals surface area contributed by atoms with Crippen LogP contribution in [0.5, 0.6) is 5.75 Å². The summed E-state index contributed by atoms with van der Waals surface area (Å²) in [7, 11) is 0.414. The van der Waals surface area contributed by atoms with Crippen molar-refractivity contribution in [2.45, 2.75) is 38.9 Å². The number of aliphatic hydroxyl groups is 1. The van der Waals surface area contributed by atoms with Crippen molar-refractivity contribution in [2.24, 2.45) is 0 Å². The molecule has 1 aromatic rings. The molecule has 1 aromatic carbocycles. The molecule has 0 bridgehead atoms. The molecule has 0 unspecified atom stereocenters. The number of phenols is 1. The Hall–Kier alpha value is -0.995. The third-order valence-corrected chi connectivity index (χ3v) is 3.01. The first-order chi connectivity index (χ1) is 7.22. The minimum absolute atomic E-state index is 0.241. The van der Waals surface area contributed by atoms with Crippen LogP contribution < -0.4 is 5.46 Å². The highest BCUT2D eigenvalue weighted by Gasteiger charge is 2.35. The number of hydrogen-bond acceptors (Lipinski definition) is 3. The summed E-state index contributed by atoms with van der Waals surface area (Å²) >= 11 is 0. The van der Waals surface area contributed by atoms with Gasteiger partial charge < -0.3 is 14.9 Å². The predicted molar refractivity (Wildman–Crippen MR) is 66.4 cm³/mol.